The lowest BCUT2D eigenvalue weighted by atomic mass is 10.2. The van der Waals surface area contributed by atoms with Crippen molar-refractivity contribution < 1.29 is 9.47 Å². The highest BCUT2D eigenvalue weighted by atomic mass is 32.1. The molecule has 0 amide bonds. The Morgan fingerprint density at radius 3 is 3.12 bits per heavy atom. The summed E-state index contributed by atoms with van der Waals surface area (Å²) >= 11 is 1.26. The zero-order valence-corrected chi connectivity index (χ0v) is 15.3. The van der Waals surface area contributed by atoms with E-state index in [0.29, 0.717) is 36.7 Å². The maximum absolute atomic E-state index is 13.4. The Balaban J connectivity index is 1.63. The minimum Gasteiger partial charge on any atom is -0.623 e. The number of aromatic nitrogens is 2. The molecule has 0 radical (unpaired) electrons. The van der Waals surface area contributed by atoms with Gasteiger partial charge in [0.1, 0.15) is 6.67 Å². The fraction of sp³-hybridized carbons (Fsp3) is 0.867. The first-order chi connectivity index (χ1) is 11.6. The van der Waals surface area contributed by atoms with E-state index in [2.05, 4.69) is 22.4 Å². The first-order valence-electron chi connectivity index (χ1n) is 8.71. The van der Waals surface area contributed by atoms with E-state index >= 15 is 0 Å². The van der Waals surface area contributed by atoms with Crippen LogP contribution in [0.4, 0.5) is 5.13 Å². The molecule has 0 aliphatic carbocycles. The molecule has 9 heteroatoms. The molecule has 1 aromatic rings. The summed E-state index contributed by atoms with van der Waals surface area (Å²) in [6.07, 6.45) is 4.15. The van der Waals surface area contributed by atoms with Crippen molar-refractivity contribution in [3.63, 3.8) is 0 Å². The van der Waals surface area contributed by atoms with Crippen LogP contribution in [0, 0.1) is 5.21 Å². The van der Waals surface area contributed by atoms with Crippen molar-refractivity contribution >= 4 is 16.5 Å². The normalized spacial score (nSPS) is 31.0. The smallest absolute Gasteiger partial charge is 0.312 e. The van der Waals surface area contributed by atoms with Gasteiger partial charge in [0.15, 0.2) is 6.17 Å². The van der Waals surface area contributed by atoms with Gasteiger partial charge in [-0.2, -0.15) is 0 Å². The standard InChI is InChI=1S/C15H27N5O3S/c1-3-4-7-23-15-18-17-14(24-15)20(21)11-19(2)10-13(20)16-9-12-6-5-8-22-12/h12-13,16H,3-11H2,1-2H3. The molecule has 3 heterocycles. The highest BCUT2D eigenvalue weighted by Gasteiger charge is 2.43. The Bertz CT molecular complexity index is 525. The zero-order valence-electron chi connectivity index (χ0n) is 14.4. The van der Waals surface area contributed by atoms with Gasteiger partial charge in [0, 0.05) is 24.5 Å². The summed E-state index contributed by atoms with van der Waals surface area (Å²) in [5.41, 5.74) is 0. The van der Waals surface area contributed by atoms with E-state index in [1.165, 1.54) is 11.3 Å². The number of hydroxylamine groups is 2. The maximum Gasteiger partial charge on any atom is 0.312 e. The molecule has 1 aromatic heterocycles. The molecule has 0 aromatic carbocycles. The molecule has 8 nitrogen and oxygen atoms in total. The Labute approximate surface area is 146 Å². The van der Waals surface area contributed by atoms with E-state index < -0.39 is 4.65 Å². The van der Waals surface area contributed by atoms with Gasteiger partial charge in [-0.05, 0) is 26.3 Å². The summed E-state index contributed by atoms with van der Waals surface area (Å²) in [5.74, 6) is 0. The molecule has 2 saturated heterocycles. The molecule has 0 saturated carbocycles. The van der Waals surface area contributed by atoms with Crippen LogP contribution in [0.3, 0.4) is 0 Å². The van der Waals surface area contributed by atoms with Gasteiger partial charge < -0.3 is 14.7 Å². The van der Waals surface area contributed by atoms with Crippen LogP contribution in [-0.4, -0.2) is 67.4 Å². The second-order valence-electron chi connectivity index (χ2n) is 6.59. The van der Waals surface area contributed by atoms with Crippen molar-refractivity contribution in [1.29, 1.82) is 0 Å². The first kappa shape index (κ1) is 18.0. The Hall–Kier alpha value is -0.840. The average Bonchev–Trinajstić information content (AvgIpc) is 3.27. The van der Waals surface area contributed by atoms with Gasteiger partial charge in [0.05, 0.1) is 19.3 Å². The number of quaternary nitrogens is 1. The molecule has 2 aliphatic rings. The number of nitrogens with one attached hydrogen (secondary N) is 1. The van der Waals surface area contributed by atoms with Crippen molar-refractivity contribution in [2.45, 2.75) is 44.9 Å². The van der Waals surface area contributed by atoms with E-state index in [9.17, 15) is 5.21 Å². The maximum atomic E-state index is 13.4. The number of hydrogen-bond donors (Lipinski definition) is 1. The van der Waals surface area contributed by atoms with E-state index in [0.717, 1.165) is 32.3 Å². The second-order valence-corrected chi connectivity index (χ2v) is 7.51. The van der Waals surface area contributed by atoms with Crippen molar-refractivity contribution in [2.75, 3.05) is 40.0 Å². The molecular formula is C15H27N5O3S. The molecule has 2 aliphatic heterocycles. The summed E-state index contributed by atoms with van der Waals surface area (Å²) in [6.45, 7) is 5.30. The van der Waals surface area contributed by atoms with Crippen LogP contribution in [0.15, 0.2) is 0 Å². The van der Waals surface area contributed by atoms with Crippen molar-refractivity contribution in [3.8, 4) is 5.19 Å². The molecule has 0 spiro atoms. The minimum absolute atomic E-state index is 0.215. The van der Waals surface area contributed by atoms with Crippen LogP contribution in [0.5, 0.6) is 5.19 Å². The molecule has 136 valence electrons. The number of unbranched alkanes of at least 4 members (excludes halogenated alkanes) is 1. The largest absolute Gasteiger partial charge is 0.623 e. The van der Waals surface area contributed by atoms with Gasteiger partial charge in [-0.15, -0.1) is 0 Å². The summed E-state index contributed by atoms with van der Waals surface area (Å²) in [7, 11) is 1.96. The lowest BCUT2D eigenvalue weighted by Gasteiger charge is -2.39. The van der Waals surface area contributed by atoms with Gasteiger partial charge in [0.25, 0.3) is 5.19 Å². The van der Waals surface area contributed by atoms with Crippen LogP contribution >= 0.6 is 11.3 Å². The Morgan fingerprint density at radius 1 is 1.50 bits per heavy atom. The lowest BCUT2D eigenvalue weighted by Crippen LogP contribution is -2.57. The third-order valence-electron chi connectivity index (χ3n) is 4.49. The topological polar surface area (TPSA) is 82.6 Å². The third kappa shape index (κ3) is 4.04. The third-order valence-corrected chi connectivity index (χ3v) is 5.44. The Kier molecular flexibility index (Phi) is 6.01. The van der Waals surface area contributed by atoms with Crippen LogP contribution in [-0.2, 0) is 4.74 Å². The fourth-order valence-electron chi connectivity index (χ4n) is 3.14. The highest BCUT2D eigenvalue weighted by Crippen LogP contribution is 2.35. The summed E-state index contributed by atoms with van der Waals surface area (Å²) in [4.78, 5) is 2.03. The monoisotopic (exact) mass is 357 g/mol. The predicted molar refractivity (Wildman–Crippen MR) is 93.7 cm³/mol. The fourth-order valence-corrected chi connectivity index (χ4v) is 3.94. The Morgan fingerprint density at radius 2 is 2.38 bits per heavy atom. The van der Waals surface area contributed by atoms with Crippen molar-refractivity contribution in [2.24, 2.45) is 0 Å². The first-order valence-corrected chi connectivity index (χ1v) is 9.52. The average molecular weight is 357 g/mol. The zero-order chi connectivity index (χ0) is 17.0. The molecule has 24 heavy (non-hydrogen) atoms. The highest BCUT2D eigenvalue weighted by molar-refractivity contribution is 7.16. The number of hydrogen-bond acceptors (Lipinski definition) is 8. The van der Waals surface area contributed by atoms with E-state index in [1.54, 1.807) is 0 Å². The predicted octanol–water partition coefficient (Wildman–Crippen LogP) is 1.52. The number of ether oxygens (including phenoxy) is 2. The molecular weight excluding hydrogens is 330 g/mol. The molecule has 3 atom stereocenters. The van der Waals surface area contributed by atoms with Gasteiger partial charge in [0.2, 0.25) is 0 Å². The molecule has 2 fully saturated rings. The van der Waals surface area contributed by atoms with Crippen LogP contribution in [0.1, 0.15) is 32.6 Å². The minimum atomic E-state index is -0.516. The van der Waals surface area contributed by atoms with Crippen LogP contribution in [0.25, 0.3) is 0 Å². The van der Waals surface area contributed by atoms with E-state index in [1.807, 2.05) is 11.9 Å². The van der Waals surface area contributed by atoms with Crippen molar-refractivity contribution in [1.82, 2.24) is 25.1 Å². The van der Waals surface area contributed by atoms with Gasteiger partial charge in [-0.25, -0.2) is 0 Å². The summed E-state index contributed by atoms with van der Waals surface area (Å²) in [6, 6.07) is 0. The summed E-state index contributed by atoms with van der Waals surface area (Å²) in [5, 5.41) is 25.9. The number of likely N-dealkylation sites (N-methyl/N-ethyl adjacent to an activating group) is 1. The number of nitrogens with zero attached hydrogens (tertiary/aromatic N) is 4. The van der Waals surface area contributed by atoms with E-state index in [4.69, 9.17) is 9.47 Å². The van der Waals surface area contributed by atoms with Crippen LogP contribution < -0.4 is 14.7 Å². The quantitative estimate of drug-likeness (QED) is 0.429. The van der Waals surface area contributed by atoms with Crippen molar-refractivity contribution in [3.05, 3.63) is 5.21 Å². The van der Waals surface area contributed by atoms with Gasteiger partial charge >= 0.3 is 5.13 Å². The molecule has 3 rings (SSSR count). The molecule has 0 bridgehead atoms. The second kappa shape index (κ2) is 8.03. The van der Waals surface area contributed by atoms with Gasteiger partial charge in [-0.1, -0.05) is 23.5 Å². The summed E-state index contributed by atoms with van der Waals surface area (Å²) < 4.78 is 10.7. The number of rotatable bonds is 8. The van der Waals surface area contributed by atoms with Crippen LogP contribution in [0.2, 0.25) is 0 Å². The van der Waals surface area contributed by atoms with Gasteiger partial charge in [-0.3, -0.25) is 14.9 Å². The SMILES string of the molecule is CCCCOc1nnc([N+]2([O-])CN(C)CC2NCC2CCCO2)s1. The molecule has 1 N–H and O–H groups in total. The lowest BCUT2D eigenvalue weighted by molar-refractivity contribution is 0.103. The molecule has 3 unspecified atom stereocenters. The van der Waals surface area contributed by atoms with E-state index in [-0.39, 0.29) is 12.3 Å².